The van der Waals surface area contributed by atoms with Crippen molar-refractivity contribution in [2.45, 2.75) is 27.7 Å². The Morgan fingerprint density at radius 1 is 1.16 bits per heavy atom. The van der Waals surface area contributed by atoms with Gasteiger partial charge in [-0.25, -0.2) is 19.7 Å². The minimum Gasteiger partial charge on any atom is -0.246 e. The number of aromatic nitrogens is 2. The lowest BCUT2D eigenvalue weighted by atomic mass is 10.2. The van der Waals surface area contributed by atoms with E-state index in [2.05, 4.69) is 14.9 Å². The maximum atomic E-state index is 11.6. The fraction of sp³-hybridized carbons (Fsp3) is 0.308. The molecule has 0 unspecified atom stereocenters. The van der Waals surface area contributed by atoms with E-state index in [4.69, 9.17) is 11.6 Å². The highest BCUT2D eigenvalue weighted by atomic mass is 35.5. The molecule has 0 saturated carbocycles. The first-order valence-corrected chi connectivity index (χ1v) is 6.35. The summed E-state index contributed by atoms with van der Waals surface area (Å²) in [4.78, 5) is 21.3. The van der Waals surface area contributed by atoms with Crippen LogP contribution in [0.4, 0.5) is 4.53 Å². The average molecular weight is 287 g/mol. The predicted molar refractivity (Wildman–Crippen MR) is 73.8 cm³/mol. The van der Waals surface area contributed by atoms with E-state index in [1.165, 1.54) is 0 Å². The van der Waals surface area contributed by atoms with Gasteiger partial charge in [0.25, 0.3) is 0 Å². The zero-order chi connectivity index (χ0) is 14.8. The van der Waals surface area contributed by atoms with Crippen LogP contribution in [0.1, 0.15) is 38.3 Å². The Labute approximate surface area is 116 Å². The molecule has 1 aromatic heterocycles. The highest BCUT2D eigenvalue weighted by Crippen LogP contribution is 2.19. The van der Waals surface area contributed by atoms with Gasteiger partial charge in [-0.3, -0.25) is 0 Å². The molecule has 19 heavy (non-hydrogen) atoms. The van der Waals surface area contributed by atoms with E-state index < -0.39 is 11.8 Å². The summed E-state index contributed by atoms with van der Waals surface area (Å²) in [6.07, 6.45) is 0. The van der Waals surface area contributed by atoms with Crippen LogP contribution < -0.4 is 0 Å². The van der Waals surface area contributed by atoms with Crippen molar-refractivity contribution in [2.75, 3.05) is 0 Å². The fourth-order valence-corrected chi connectivity index (χ4v) is 1.40. The number of halogens is 2. The van der Waals surface area contributed by atoms with E-state index in [1.807, 2.05) is 27.7 Å². The fourth-order valence-electron chi connectivity index (χ4n) is 1.16. The standard InChI is InChI=1S/C9H4ClFN2O2.2C2H6/c10-7-5-3-1-2-4-6(5)12-8(13-7)9(14)15-11;2*1-2/h1-4H;2*1-2H3. The first-order valence-electron chi connectivity index (χ1n) is 5.97. The highest BCUT2D eigenvalue weighted by molar-refractivity contribution is 6.34. The number of benzene rings is 1. The van der Waals surface area contributed by atoms with Gasteiger partial charge in [0, 0.05) is 9.91 Å². The zero-order valence-corrected chi connectivity index (χ0v) is 12.0. The molecule has 1 heterocycles. The number of hydrogen-bond donors (Lipinski definition) is 0. The third-order valence-electron chi connectivity index (χ3n) is 1.81. The third kappa shape index (κ3) is 4.44. The number of carbonyl (C=O) groups is 1. The van der Waals surface area contributed by atoms with Crippen LogP contribution in [-0.4, -0.2) is 15.9 Å². The molecule has 0 amide bonds. The van der Waals surface area contributed by atoms with E-state index in [-0.39, 0.29) is 5.15 Å². The van der Waals surface area contributed by atoms with Crippen LogP contribution in [0.2, 0.25) is 5.15 Å². The summed E-state index contributed by atoms with van der Waals surface area (Å²) in [7, 11) is 0. The van der Waals surface area contributed by atoms with Crippen molar-refractivity contribution >= 4 is 28.5 Å². The summed E-state index contributed by atoms with van der Waals surface area (Å²) in [6.45, 7) is 8.00. The first kappa shape index (κ1) is 17.2. The van der Waals surface area contributed by atoms with Gasteiger partial charge in [-0.05, 0) is 12.1 Å². The van der Waals surface area contributed by atoms with Crippen LogP contribution in [0.5, 0.6) is 0 Å². The average Bonchev–Trinajstić information content (AvgIpc) is 2.50. The summed E-state index contributed by atoms with van der Waals surface area (Å²) in [5, 5.41) is 0.676. The zero-order valence-electron chi connectivity index (χ0n) is 11.3. The lowest BCUT2D eigenvalue weighted by molar-refractivity contribution is -0.0798. The lowest BCUT2D eigenvalue weighted by Gasteiger charge is -2.00. The molecular formula is C13H16ClFN2O2. The Morgan fingerprint density at radius 2 is 1.74 bits per heavy atom. The topological polar surface area (TPSA) is 52.1 Å². The summed E-state index contributed by atoms with van der Waals surface area (Å²) in [6, 6.07) is 6.81. The molecule has 0 radical (unpaired) electrons. The van der Waals surface area contributed by atoms with Gasteiger partial charge in [0.05, 0.1) is 5.52 Å². The van der Waals surface area contributed by atoms with Crippen molar-refractivity contribution in [3.05, 3.63) is 35.2 Å². The van der Waals surface area contributed by atoms with Crippen molar-refractivity contribution < 1.29 is 14.3 Å². The number of carbonyl (C=O) groups excluding carboxylic acids is 1. The smallest absolute Gasteiger partial charge is 0.246 e. The Bertz CT molecular complexity index is 535. The molecule has 2 aromatic rings. The van der Waals surface area contributed by atoms with Crippen molar-refractivity contribution in [1.82, 2.24) is 9.97 Å². The Balaban J connectivity index is 0.000000741. The molecule has 0 N–H and O–H groups in total. The van der Waals surface area contributed by atoms with E-state index in [0.29, 0.717) is 10.9 Å². The molecule has 0 spiro atoms. The quantitative estimate of drug-likeness (QED) is 0.730. The van der Waals surface area contributed by atoms with Gasteiger partial charge < -0.3 is 0 Å². The molecular weight excluding hydrogens is 271 g/mol. The summed E-state index contributed by atoms with van der Waals surface area (Å²) in [5.74, 6) is -1.66. The molecule has 1 aromatic carbocycles. The molecule has 0 saturated heterocycles. The second-order valence-electron chi connectivity index (χ2n) is 2.72. The Kier molecular flexibility index (Phi) is 8.37. The molecule has 2 rings (SSSR count). The molecule has 0 atom stereocenters. The second kappa shape index (κ2) is 9.22. The van der Waals surface area contributed by atoms with Gasteiger partial charge in [-0.2, -0.15) is 0 Å². The minimum absolute atomic E-state index is 0.0843. The summed E-state index contributed by atoms with van der Waals surface area (Å²) in [5.41, 5.74) is 0.456. The van der Waals surface area contributed by atoms with Gasteiger partial charge in [0.2, 0.25) is 5.82 Å². The molecule has 0 aliphatic rings. The number of para-hydroxylation sites is 1. The second-order valence-corrected chi connectivity index (χ2v) is 3.08. The van der Waals surface area contributed by atoms with Crippen LogP contribution >= 0.6 is 11.6 Å². The number of nitrogens with zero attached hydrogens (tertiary/aromatic N) is 2. The number of hydrogen-bond acceptors (Lipinski definition) is 4. The first-order chi connectivity index (χ1) is 9.22. The molecule has 4 nitrogen and oxygen atoms in total. The lowest BCUT2D eigenvalue weighted by Crippen LogP contribution is -2.06. The van der Waals surface area contributed by atoms with Gasteiger partial charge in [0.15, 0.2) is 0 Å². The van der Waals surface area contributed by atoms with Crippen molar-refractivity contribution in [2.24, 2.45) is 0 Å². The van der Waals surface area contributed by atoms with Crippen molar-refractivity contribution in [1.29, 1.82) is 0 Å². The Morgan fingerprint density at radius 3 is 2.32 bits per heavy atom. The number of fused-ring (bicyclic) bond motifs is 1. The molecule has 0 fully saturated rings. The van der Waals surface area contributed by atoms with E-state index >= 15 is 0 Å². The minimum atomic E-state index is -1.26. The van der Waals surface area contributed by atoms with Crippen LogP contribution in [0, 0.1) is 0 Å². The van der Waals surface area contributed by atoms with Crippen LogP contribution in [-0.2, 0) is 4.94 Å². The molecule has 6 heteroatoms. The normalized spacial score (nSPS) is 8.74. The largest absolute Gasteiger partial charge is 0.416 e. The van der Waals surface area contributed by atoms with Crippen LogP contribution in [0.15, 0.2) is 24.3 Å². The van der Waals surface area contributed by atoms with E-state index in [1.54, 1.807) is 24.3 Å². The Hall–Kier alpha value is -1.75. The maximum Gasteiger partial charge on any atom is 0.416 e. The SMILES string of the molecule is CC.CC.O=C(OF)c1nc(Cl)c2ccccc2n1. The highest BCUT2D eigenvalue weighted by Gasteiger charge is 2.14. The number of rotatable bonds is 1. The van der Waals surface area contributed by atoms with Gasteiger partial charge >= 0.3 is 5.97 Å². The van der Waals surface area contributed by atoms with Gasteiger partial charge in [0.1, 0.15) is 5.15 Å². The van der Waals surface area contributed by atoms with Crippen molar-refractivity contribution in [3.63, 3.8) is 0 Å². The van der Waals surface area contributed by atoms with Gasteiger partial charge in [-0.15, -0.1) is 0 Å². The maximum absolute atomic E-state index is 11.6. The molecule has 0 bridgehead atoms. The monoisotopic (exact) mass is 286 g/mol. The molecule has 104 valence electrons. The molecule has 0 aliphatic heterocycles. The summed E-state index contributed by atoms with van der Waals surface area (Å²) < 4.78 is 11.6. The van der Waals surface area contributed by atoms with Crippen LogP contribution in [0.3, 0.4) is 0 Å². The van der Waals surface area contributed by atoms with Crippen LogP contribution in [0.25, 0.3) is 10.9 Å². The van der Waals surface area contributed by atoms with Gasteiger partial charge in [-0.1, -0.05) is 51.4 Å². The van der Waals surface area contributed by atoms with Crippen molar-refractivity contribution in [3.8, 4) is 0 Å². The van der Waals surface area contributed by atoms with E-state index in [9.17, 15) is 9.32 Å². The third-order valence-corrected chi connectivity index (χ3v) is 2.10. The summed E-state index contributed by atoms with van der Waals surface area (Å²) >= 11 is 5.78. The predicted octanol–water partition coefficient (Wildman–Crippen LogP) is 4.38. The molecule has 0 aliphatic carbocycles. The van der Waals surface area contributed by atoms with E-state index in [0.717, 1.165) is 0 Å².